The van der Waals surface area contributed by atoms with Gasteiger partial charge in [0, 0.05) is 11.4 Å². The van der Waals surface area contributed by atoms with Crippen LogP contribution in [0.25, 0.3) is 0 Å². The summed E-state index contributed by atoms with van der Waals surface area (Å²) in [5.41, 5.74) is 1.53. The lowest BCUT2D eigenvalue weighted by Gasteiger charge is -2.24. The van der Waals surface area contributed by atoms with Gasteiger partial charge >= 0.3 is 0 Å². The molecule has 2 heteroatoms. The van der Waals surface area contributed by atoms with Crippen LogP contribution < -0.4 is 5.32 Å². The Morgan fingerprint density at radius 2 is 2.21 bits per heavy atom. The van der Waals surface area contributed by atoms with Gasteiger partial charge in [-0.05, 0) is 43.2 Å². The van der Waals surface area contributed by atoms with Crippen LogP contribution in [-0.2, 0) is 0 Å². The van der Waals surface area contributed by atoms with Crippen LogP contribution in [0.1, 0.15) is 24.3 Å². The summed E-state index contributed by atoms with van der Waals surface area (Å²) in [6, 6.07) is 8.80. The van der Waals surface area contributed by atoms with E-state index in [2.05, 4.69) is 35.8 Å². The first-order valence-electron chi connectivity index (χ1n) is 5.25. The molecule has 14 heavy (non-hydrogen) atoms. The van der Waals surface area contributed by atoms with Crippen LogP contribution in [-0.4, -0.2) is 19.3 Å². The molecular weight excluding hydrogens is 190 g/mol. The van der Waals surface area contributed by atoms with E-state index < -0.39 is 0 Å². The molecule has 1 aromatic rings. The van der Waals surface area contributed by atoms with Crippen LogP contribution in [0.3, 0.4) is 0 Å². The second kappa shape index (κ2) is 4.85. The molecule has 0 saturated carbocycles. The van der Waals surface area contributed by atoms with Crippen LogP contribution in [0.2, 0.25) is 0 Å². The molecule has 1 aliphatic heterocycles. The van der Waals surface area contributed by atoms with Gasteiger partial charge in [0.25, 0.3) is 0 Å². The van der Waals surface area contributed by atoms with Gasteiger partial charge in [0.05, 0.1) is 0 Å². The van der Waals surface area contributed by atoms with Crippen molar-refractivity contribution in [2.75, 3.05) is 19.3 Å². The second-order valence-electron chi connectivity index (χ2n) is 3.79. The van der Waals surface area contributed by atoms with Crippen LogP contribution in [0.4, 0.5) is 0 Å². The Morgan fingerprint density at radius 1 is 1.36 bits per heavy atom. The van der Waals surface area contributed by atoms with Crippen molar-refractivity contribution in [3.8, 4) is 0 Å². The fourth-order valence-electron chi connectivity index (χ4n) is 2.12. The topological polar surface area (TPSA) is 12.0 Å². The minimum Gasteiger partial charge on any atom is -0.316 e. The minimum atomic E-state index is 0.729. The Balaban J connectivity index is 2.20. The Kier molecular flexibility index (Phi) is 3.49. The highest BCUT2D eigenvalue weighted by molar-refractivity contribution is 7.98. The van der Waals surface area contributed by atoms with E-state index in [0.29, 0.717) is 0 Å². The molecule has 1 fully saturated rings. The molecule has 1 aromatic carbocycles. The van der Waals surface area contributed by atoms with Gasteiger partial charge in [-0.3, -0.25) is 0 Å². The zero-order chi connectivity index (χ0) is 9.80. The van der Waals surface area contributed by atoms with E-state index in [1.807, 2.05) is 11.8 Å². The maximum Gasteiger partial charge on any atom is 0.0104 e. The largest absolute Gasteiger partial charge is 0.316 e. The van der Waals surface area contributed by atoms with Gasteiger partial charge in [-0.25, -0.2) is 0 Å². The molecule has 1 aliphatic rings. The van der Waals surface area contributed by atoms with Gasteiger partial charge in [0.1, 0.15) is 0 Å². The SMILES string of the molecule is CSc1ccccc1[C@H]1CCCNC1. The highest BCUT2D eigenvalue weighted by Crippen LogP contribution is 2.30. The number of thioether (sulfide) groups is 1. The summed E-state index contributed by atoms with van der Waals surface area (Å²) < 4.78 is 0. The van der Waals surface area contributed by atoms with Crippen molar-refractivity contribution < 1.29 is 0 Å². The van der Waals surface area contributed by atoms with E-state index in [4.69, 9.17) is 0 Å². The van der Waals surface area contributed by atoms with Crippen molar-refractivity contribution in [1.29, 1.82) is 0 Å². The lowest BCUT2D eigenvalue weighted by molar-refractivity contribution is 0.457. The predicted molar refractivity (Wildman–Crippen MR) is 63.1 cm³/mol. The minimum absolute atomic E-state index is 0.729. The van der Waals surface area contributed by atoms with E-state index >= 15 is 0 Å². The molecule has 1 saturated heterocycles. The standard InChI is InChI=1S/C12H17NS/c1-14-12-7-3-2-6-11(12)10-5-4-8-13-9-10/h2-3,6-7,10,13H,4-5,8-9H2,1H3/t10-/m0/s1. The molecule has 1 heterocycles. The maximum absolute atomic E-state index is 3.48. The van der Waals surface area contributed by atoms with Gasteiger partial charge in [0.2, 0.25) is 0 Å². The van der Waals surface area contributed by atoms with Crippen molar-refractivity contribution in [2.45, 2.75) is 23.7 Å². The summed E-state index contributed by atoms with van der Waals surface area (Å²) in [5.74, 6) is 0.729. The number of benzene rings is 1. The zero-order valence-electron chi connectivity index (χ0n) is 8.62. The monoisotopic (exact) mass is 207 g/mol. The molecule has 0 bridgehead atoms. The summed E-state index contributed by atoms with van der Waals surface area (Å²) in [5, 5.41) is 3.48. The number of rotatable bonds is 2. The van der Waals surface area contributed by atoms with Crippen LogP contribution in [0.15, 0.2) is 29.2 Å². The van der Waals surface area contributed by atoms with E-state index in [9.17, 15) is 0 Å². The van der Waals surface area contributed by atoms with E-state index in [-0.39, 0.29) is 0 Å². The molecular formula is C12H17NS. The number of piperidine rings is 1. The highest BCUT2D eigenvalue weighted by atomic mass is 32.2. The molecule has 0 radical (unpaired) electrons. The summed E-state index contributed by atoms with van der Waals surface area (Å²) >= 11 is 1.86. The predicted octanol–water partition coefficient (Wildman–Crippen LogP) is 2.88. The summed E-state index contributed by atoms with van der Waals surface area (Å²) in [7, 11) is 0. The number of hydrogen-bond donors (Lipinski definition) is 1. The van der Waals surface area contributed by atoms with E-state index in [1.165, 1.54) is 29.8 Å². The normalized spacial score (nSPS) is 22.2. The van der Waals surface area contributed by atoms with E-state index in [0.717, 1.165) is 12.5 Å². The lowest BCUT2D eigenvalue weighted by atomic mass is 9.92. The van der Waals surface area contributed by atoms with Crippen molar-refractivity contribution >= 4 is 11.8 Å². The van der Waals surface area contributed by atoms with Gasteiger partial charge in [0.15, 0.2) is 0 Å². The first-order valence-corrected chi connectivity index (χ1v) is 6.48. The number of hydrogen-bond acceptors (Lipinski definition) is 2. The summed E-state index contributed by atoms with van der Waals surface area (Å²) in [6.45, 7) is 2.34. The van der Waals surface area contributed by atoms with Crippen LogP contribution in [0, 0.1) is 0 Å². The second-order valence-corrected chi connectivity index (χ2v) is 4.63. The quantitative estimate of drug-likeness (QED) is 0.748. The average Bonchev–Trinajstić information content (AvgIpc) is 2.30. The Labute approximate surface area is 90.3 Å². The molecule has 0 spiro atoms. The molecule has 0 unspecified atom stereocenters. The van der Waals surface area contributed by atoms with Gasteiger partial charge in [-0.1, -0.05) is 18.2 Å². The highest BCUT2D eigenvalue weighted by Gasteiger charge is 2.17. The fourth-order valence-corrected chi connectivity index (χ4v) is 2.81. The molecule has 2 rings (SSSR count). The summed E-state index contributed by atoms with van der Waals surface area (Å²) in [6.07, 6.45) is 4.81. The first kappa shape index (κ1) is 10.1. The number of nitrogens with one attached hydrogen (secondary N) is 1. The van der Waals surface area contributed by atoms with Gasteiger partial charge < -0.3 is 5.32 Å². The van der Waals surface area contributed by atoms with Crippen LogP contribution >= 0.6 is 11.8 Å². The molecule has 0 amide bonds. The Hall–Kier alpha value is -0.470. The van der Waals surface area contributed by atoms with Crippen molar-refractivity contribution in [3.05, 3.63) is 29.8 Å². The summed E-state index contributed by atoms with van der Waals surface area (Å²) in [4.78, 5) is 1.45. The average molecular weight is 207 g/mol. The third-order valence-electron chi connectivity index (χ3n) is 2.88. The molecule has 76 valence electrons. The van der Waals surface area contributed by atoms with Gasteiger partial charge in [-0.15, -0.1) is 11.8 Å². The lowest BCUT2D eigenvalue weighted by Crippen LogP contribution is -2.28. The molecule has 1 atom stereocenters. The maximum atomic E-state index is 3.48. The first-order chi connectivity index (χ1) is 6.92. The third-order valence-corrected chi connectivity index (χ3v) is 3.69. The molecule has 0 aliphatic carbocycles. The van der Waals surface area contributed by atoms with Crippen molar-refractivity contribution in [1.82, 2.24) is 5.32 Å². The van der Waals surface area contributed by atoms with Crippen molar-refractivity contribution in [3.63, 3.8) is 0 Å². The Bertz CT molecular complexity index is 292. The smallest absolute Gasteiger partial charge is 0.0104 e. The molecule has 1 N–H and O–H groups in total. The van der Waals surface area contributed by atoms with Crippen molar-refractivity contribution in [2.24, 2.45) is 0 Å². The molecule has 1 nitrogen and oxygen atoms in total. The zero-order valence-corrected chi connectivity index (χ0v) is 9.44. The van der Waals surface area contributed by atoms with E-state index in [1.54, 1.807) is 0 Å². The van der Waals surface area contributed by atoms with Crippen LogP contribution in [0.5, 0.6) is 0 Å². The third kappa shape index (κ3) is 2.12. The van der Waals surface area contributed by atoms with Gasteiger partial charge in [-0.2, -0.15) is 0 Å². The fraction of sp³-hybridized carbons (Fsp3) is 0.500. The Morgan fingerprint density at radius 3 is 2.93 bits per heavy atom. The molecule has 0 aromatic heterocycles.